The highest BCUT2D eigenvalue weighted by Crippen LogP contribution is 2.33. The smallest absolute Gasteiger partial charge is 0.228 e. The second-order valence-corrected chi connectivity index (χ2v) is 6.30. The van der Waals surface area contributed by atoms with Crippen molar-refractivity contribution in [3.8, 4) is 0 Å². The van der Waals surface area contributed by atoms with Gasteiger partial charge in [0.25, 0.3) is 0 Å². The van der Waals surface area contributed by atoms with Crippen molar-refractivity contribution in [1.82, 2.24) is 15.5 Å². The summed E-state index contributed by atoms with van der Waals surface area (Å²) in [5.74, 6) is 2.08. The Balaban J connectivity index is 1.67. The standard InChI is InChI=1S/C15H17Cl2N3O/c1-18-13(9-2-3-9)8-15-19-14(20-21-15)6-10-4-5-11(16)7-12(10)17/h4-5,7,9,13,18H,2-3,6,8H2,1H3. The second kappa shape index (κ2) is 6.34. The van der Waals surface area contributed by atoms with Gasteiger partial charge in [0.05, 0.1) is 0 Å². The third-order valence-electron chi connectivity index (χ3n) is 3.83. The molecule has 0 aliphatic heterocycles. The van der Waals surface area contributed by atoms with E-state index in [0.717, 1.165) is 17.9 Å². The van der Waals surface area contributed by atoms with Gasteiger partial charge in [0.1, 0.15) is 0 Å². The third-order valence-corrected chi connectivity index (χ3v) is 4.42. The van der Waals surface area contributed by atoms with Gasteiger partial charge in [0, 0.05) is 28.9 Å². The lowest BCUT2D eigenvalue weighted by Crippen LogP contribution is -2.29. The van der Waals surface area contributed by atoms with Gasteiger partial charge < -0.3 is 9.84 Å². The monoisotopic (exact) mass is 325 g/mol. The molecule has 112 valence electrons. The van der Waals surface area contributed by atoms with Crippen molar-refractivity contribution < 1.29 is 4.52 Å². The van der Waals surface area contributed by atoms with Crippen LogP contribution in [0.25, 0.3) is 0 Å². The van der Waals surface area contributed by atoms with E-state index in [1.165, 1.54) is 12.8 Å². The quantitative estimate of drug-likeness (QED) is 0.883. The van der Waals surface area contributed by atoms with Crippen LogP contribution in [0.4, 0.5) is 0 Å². The van der Waals surface area contributed by atoms with Gasteiger partial charge in [-0.05, 0) is 43.5 Å². The van der Waals surface area contributed by atoms with E-state index in [0.29, 0.717) is 34.2 Å². The summed E-state index contributed by atoms with van der Waals surface area (Å²) in [7, 11) is 1.98. The van der Waals surface area contributed by atoms with Crippen LogP contribution in [0.5, 0.6) is 0 Å². The summed E-state index contributed by atoms with van der Waals surface area (Å²) in [5.41, 5.74) is 0.945. The topological polar surface area (TPSA) is 51.0 Å². The van der Waals surface area contributed by atoms with Gasteiger partial charge in [-0.1, -0.05) is 34.4 Å². The van der Waals surface area contributed by atoms with Gasteiger partial charge in [-0.15, -0.1) is 0 Å². The maximum atomic E-state index is 6.16. The molecule has 1 aliphatic carbocycles. The van der Waals surface area contributed by atoms with Crippen molar-refractivity contribution in [3.63, 3.8) is 0 Å². The highest BCUT2D eigenvalue weighted by Gasteiger charge is 2.31. The molecule has 1 unspecified atom stereocenters. The van der Waals surface area contributed by atoms with Gasteiger partial charge in [0.15, 0.2) is 5.82 Å². The molecule has 1 heterocycles. The lowest BCUT2D eigenvalue weighted by atomic mass is 10.1. The number of benzene rings is 1. The largest absolute Gasteiger partial charge is 0.339 e. The molecule has 1 atom stereocenters. The Kier molecular flexibility index (Phi) is 4.48. The molecule has 1 N–H and O–H groups in total. The molecular formula is C15H17Cl2N3O. The van der Waals surface area contributed by atoms with Gasteiger partial charge in [-0.25, -0.2) is 0 Å². The number of likely N-dealkylation sites (N-methyl/N-ethyl adjacent to an activating group) is 1. The van der Waals surface area contributed by atoms with Gasteiger partial charge in [-0.3, -0.25) is 0 Å². The highest BCUT2D eigenvalue weighted by atomic mass is 35.5. The molecule has 0 amide bonds. The number of halogens is 2. The molecule has 0 radical (unpaired) electrons. The predicted molar refractivity (Wildman–Crippen MR) is 82.8 cm³/mol. The number of hydrogen-bond acceptors (Lipinski definition) is 4. The fourth-order valence-electron chi connectivity index (χ4n) is 2.47. The van der Waals surface area contributed by atoms with Crippen LogP contribution in [0.1, 0.15) is 30.1 Å². The Morgan fingerprint density at radius 2 is 2.19 bits per heavy atom. The maximum Gasteiger partial charge on any atom is 0.228 e. The normalized spacial score (nSPS) is 16.1. The highest BCUT2D eigenvalue weighted by molar-refractivity contribution is 6.35. The molecule has 2 aromatic rings. The van der Waals surface area contributed by atoms with Crippen molar-refractivity contribution in [3.05, 3.63) is 45.5 Å². The molecule has 0 bridgehead atoms. The Hall–Kier alpha value is -1.10. The van der Waals surface area contributed by atoms with Gasteiger partial charge in [-0.2, -0.15) is 4.98 Å². The fourth-order valence-corrected chi connectivity index (χ4v) is 2.95. The van der Waals surface area contributed by atoms with Crippen molar-refractivity contribution in [2.75, 3.05) is 7.05 Å². The van der Waals surface area contributed by atoms with Crippen LogP contribution in [0.2, 0.25) is 10.0 Å². The van der Waals surface area contributed by atoms with Crippen LogP contribution >= 0.6 is 23.2 Å². The summed E-state index contributed by atoms with van der Waals surface area (Å²) in [5, 5.41) is 8.61. The van der Waals surface area contributed by atoms with Crippen molar-refractivity contribution in [1.29, 1.82) is 0 Å². The Morgan fingerprint density at radius 1 is 1.38 bits per heavy atom. The summed E-state index contributed by atoms with van der Waals surface area (Å²) >= 11 is 12.1. The summed E-state index contributed by atoms with van der Waals surface area (Å²) in [6, 6.07) is 5.86. The van der Waals surface area contributed by atoms with E-state index in [1.807, 2.05) is 19.2 Å². The van der Waals surface area contributed by atoms with Crippen LogP contribution in [0.3, 0.4) is 0 Å². The molecule has 3 rings (SSSR count). The van der Waals surface area contributed by atoms with Crippen LogP contribution in [-0.2, 0) is 12.8 Å². The van der Waals surface area contributed by atoms with E-state index in [9.17, 15) is 0 Å². The van der Waals surface area contributed by atoms with Crippen LogP contribution in [-0.4, -0.2) is 23.2 Å². The maximum absolute atomic E-state index is 6.16. The van der Waals surface area contributed by atoms with Gasteiger partial charge >= 0.3 is 0 Å². The third kappa shape index (κ3) is 3.76. The molecule has 0 saturated heterocycles. The number of aromatic nitrogens is 2. The van der Waals surface area contributed by atoms with E-state index < -0.39 is 0 Å². The minimum atomic E-state index is 0.428. The SMILES string of the molecule is CNC(Cc1nc(Cc2ccc(Cl)cc2Cl)no1)C1CC1. The van der Waals surface area contributed by atoms with Crippen molar-refractivity contribution in [2.45, 2.75) is 31.7 Å². The molecule has 0 spiro atoms. The average Bonchev–Trinajstić information content (AvgIpc) is 3.21. The Morgan fingerprint density at radius 3 is 2.86 bits per heavy atom. The summed E-state index contributed by atoms with van der Waals surface area (Å²) in [4.78, 5) is 4.46. The Bertz CT molecular complexity index is 625. The lowest BCUT2D eigenvalue weighted by molar-refractivity contribution is 0.349. The van der Waals surface area contributed by atoms with E-state index in [1.54, 1.807) is 6.07 Å². The van der Waals surface area contributed by atoms with E-state index in [4.69, 9.17) is 27.7 Å². The van der Waals surface area contributed by atoms with E-state index >= 15 is 0 Å². The zero-order valence-electron chi connectivity index (χ0n) is 11.8. The molecule has 1 aromatic heterocycles. The zero-order chi connectivity index (χ0) is 14.8. The molecule has 1 aromatic carbocycles. The van der Waals surface area contributed by atoms with E-state index in [2.05, 4.69) is 15.5 Å². The second-order valence-electron chi connectivity index (χ2n) is 5.45. The summed E-state index contributed by atoms with van der Waals surface area (Å²) in [6.45, 7) is 0. The minimum absolute atomic E-state index is 0.428. The van der Waals surface area contributed by atoms with E-state index in [-0.39, 0.29) is 0 Å². The Labute approximate surface area is 133 Å². The summed E-state index contributed by atoms with van der Waals surface area (Å²) in [6.07, 6.45) is 3.90. The molecule has 1 fully saturated rings. The minimum Gasteiger partial charge on any atom is -0.339 e. The van der Waals surface area contributed by atoms with Crippen LogP contribution in [0, 0.1) is 5.92 Å². The zero-order valence-corrected chi connectivity index (χ0v) is 13.3. The molecule has 4 nitrogen and oxygen atoms in total. The number of hydrogen-bond donors (Lipinski definition) is 1. The number of rotatable bonds is 6. The first-order chi connectivity index (χ1) is 10.2. The van der Waals surface area contributed by atoms with Crippen molar-refractivity contribution in [2.24, 2.45) is 5.92 Å². The molecule has 6 heteroatoms. The molecule has 1 aliphatic rings. The first kappa shape index (κ1) is 14.8. The summed E-state index contributed by atoms with van der Waals surface area (Å²) < 4.78 is 5.34. The van der Waals surface area contributed by atoms with Crippen molar-refractivity contribution >= 4 is 23.2 Å². The predicted octanol–water partition coefficient (Wildman–Crippen LogP) is 3.51. The lowest BCUT2D eigenvalue weighted by Gasteiger charge is -2.11. The number of nitrogens with one attached hydrogen (secondary N) is 1. The molecule has 21 heavy (non-hydrogen) atoms. The average molecular weight is 326 g/mol. The first-order valence-corrected chi connectivity index (χ1v) is 7.84. The van der Waals surface area contributed by atoms with Crippen LogP contribution in [0.15, 0.2) is 22.7 Å². The van der Waals surface area contributed by atoms with Crippen LogP contribution < -0.4 is 5.32 Å². The molecule has 1 saturated carbocycles. The molecular weight excluding hydrogens is 309 g/mol. The number of nitrogens with zero attached hydrogens (tertiary/aromatic N) is 2. The van der Waals surface area contributed by atoms with Gasteiger partial charge in [0.2, 0.25) is 5.89 Å². The fraction of sp³-hybridized carbons (Fsp3) is 0.467. The first-order valence-electron chi connectivity index (χ1n) is 7.08.